The summed E-state index contributed by atoms with van der Waals surface area (Å²) >= 11 is 0. The summed E-state index contributed by atoms with van der Waals surface area (Å²) in [5.74, 6) is 0. The Bertz CT molecular complexity index is 1040. The average molecular weight is 377 g/mol. The van der Waals surface area contributed by atoms with Gasteiger partial charge in [-0.2, -0.15) is 5.10 Å². The predicted octanol–water partition coefficient (Wildman–Crippen LogP) is 2.41. The molecule has 3 aromatic rings. The number of aryl methyl sites for hydroxylation is 1. The van der Waals surface area contributed by atoms with Gasteiger partial charge in [-0.15, -0.1) is 0 Å². The van der Waals surface area contributed by atoms with Crippen LogP contribution in [0.25, 0.3) is 22.2 Å². The van der Waals surface area contributed by atoms with Gasteiger partial charge in [-0.25, -0.2) is 4.79 Å². The molecule has 7 nitrogen and oxygen atoms in total. The molecule has 0 unspecified atom stereocenters. The summed E-state index contributed by atoms with van der Waals surface area (Å²) in [6, 6.07) is 12.4. The van der Waals surface area contributed by atoms with E-state index < -0.39 is 0 Å². The topological polar surface area (TPSA) is 72.3 Å². The number of para-hydroxylation sites is 1. The highest BCUT2D eigenvalue weighted by Crippen LogP contribution is 2.43. The van der Waals surface area contributed by atoms with Crippen molar-refractivity contribution in [1.29, 1.82) is 0 Å². The maximum absolute atomic E-state index is 12.2. The highest BCUT2D eigenvalue weighted by atomic mass is 16.5. The summed E-state index contributed by atoms with van der Waals surface area (Å²) in [5, 5.41) is 8.83. The number of amides is 2. The van der Waals surface area contributed by atoms with Crippen molar-refractivity contribution in [3.05, 3.63) is 48.3 Å². The summed E-state index contributed by atoms with van der Waals surface area (Å²) in [5.41, 5.74) is 4.24. The Hall–Kier alpha value is -2.93. The van der Waals surface area contributed by atoms with Crippen molar-refractivity contribution in [3.63, 3.8) is 0 Å². The normalized spacial score (nSPS) is 17.0. The Labute approximate surface area is 163 Å². The zero-order valence-electron chi connectivity index (χ0n) is 15.9. The smallest absolute Gasteiger partial charge is 0.317 e. The quantitative estimate of drug-likeness (QED) is 0.709. The minimum absolute atomic E-state index is 0.0143. The molecule has 1 N–H and O–H groups in total. The van der Waals surface area contributed by atoms with Gasteiger partial charge in [0.15, 0.2) is 0 Å². The molecule has 2 aliphatic rings. The number of benzene rings is 1. The van der Waals surface area contributed by atoms with Crippen LogP contribution in [-0.2, 0) is 16.7 Å². The van der Waals surface area contributed by atoms with Gasteiger partial charge in [0.2, 0.25) is 0 Å². The van der Waals surface area contributed by atoms with Gasteiger partial charge in [-0.3, -0.25) is 9.67 Å². The first kappa shape index (κ1) is 17.2. The van der Waals surface area contributed by atoms with Crippen molar-refractivity contribution in [2.45, 2.75) is 18.4 Å². The zero-order chi connectivity index (χ0) is 19.1. The number of urea groups is 1. The maximum Gasteiger partial charge on any atom is 0.317 e. The first-order chi connectivity index (χ1) is 13.7. The molecule has 0 radical (unpaired) electrons. The van der Waals surface area contributed by atoms with Gasteiger partial charge in [0.05, 0.1) is 17.8 Å². The molecule has 1 aromatic carbocycles. The highest BCUT2D eigenvalue weighted by molar-refractivity contribution is 5.83. The van der Waals surface area contributed by atoms with Gasteiger partial charge in [0.1, 0.15) is 0 Å². The SMILES string of the molecule is COCCNC(=O)N1CC2(CCn3nc(-c4cnc5ccccc5c4)cc32)C1. The van der Waals surface area contributed by atoms with E-state index in [1.165, 1.54) is 5.69 Å². The van der Waals surface area contributed by atoms with Crippen molar-refractivity contribution in [3.8, 4) is 11.3 Å². The molecule has 1 fully saturated rings. The lowest BCUT2D eigenvalue weighted by atomic mass is 9.76. The first-order valence-electron chi connectivity index (χ1n) is 9.64. The number of carbonyl (C=O) groups is 1. The van der Waals surface area contributed by atoms with E-state index >= 15 is 0 Å². The van der Waals surface area contributed by atoms with E-state index in [2.05, 4.69) is 33.2 Å². The Morgan fingerprint density at radius 3 is 3.00 bits per heavy atom. The summed E-state index contributed by atoms with van der Waals surface area (Å²) in [7, 11) is 1.63. The van der Waals surface area contributed by atoms with E-state index in [1.807, 2.05) is 29.3 Å². The monoisotopic (exact) mass is 377 g/mol. The third-order valence-corrected chi connectivity index (χ3v) is 5.87. The number of pyridine rings is 1. The van der Waals surface area contributed by atoms with Crippen molar-refractivity contribution >= 4 is 16.9 Å². The Balaban J connectivity index is 1.34. The second-order valence-electron chi connectivity index (χ2n) is 7.67. The Kier molecular flexibility index (Phi) is 4.05. The Morgan fingerprint density at radius 2 is 2.14 bits per heavy atom. The van der Waals surface area contributed by atoms with Crippen LogP contribution in [0.5, 0.6) is 0 Å². The largest absolute Gasteiger partial charge is 0.383 e. The van der Waals surface area contributed by atoms with Gasteiger partial charge in [-0.05, 0) is 24.6 Å². The molecule has 7 heteroatoms. The number of methoxy groups -OCH3 is 1. The van der Waals surface area contributed by atoms with Crippen LogP contribution in [0.15, 0.2) is 42.6 Å². The molecule has 2 aliphatic heterocycles. The minimum Gasteiger partial charge on any atom is -0.383 e. The third-order valence-electron chi connectivity index (χ3n) is 5.87. The van der Waals surface area contributed by atoms with Crippen molar-refractivity contribution < 1.29 is 9.53 Å². The molecule has 4 heterocycles. The lowest BCUT2D eigenvalue weighted by molar-refractivity contribution is 0.0904. The minimum atomic E-state index is -0.0143. The molecule has 0 bridgehead atoms. The number of aromatic nitrogens is 3. The van der Waals surface area contributed by atoms with E-state index in [0.29, 0.717) is 13.2 Å². The highest BCUT2D eigenvalue weighted by Gasteiger charge is 2.51. The van der Waals surface area contributed by atoms with Crippen molar-refractivity contribution in [2.24, 2.45) is 0 Å². The molecule has 0 aliphatic carbocycles. The molecule has 2 aromatic heterocycles. The molecule has 1 spiro atoms. The number of carbonyl (C=O) groups excluding carboxylic acids is 1. The first-order valence-corrected chi connectivity index (χ1v) is 9.64. The van der Waals surface area contributed by atoms with E-state index in [-0.39, 0.29) is 11.4 Å². The van der Waals surface area contributed by atoms with Crippen LogP contribution in [-0.4, -0.2) is 59.0 Å². The summed E-state index contributed by atoms with van der Waals surface area (Å²) in [6.45, 7) is 3.45. The summed E-state index contributed by atoms with van der Waals surface area (Å²) < 4.78 is 7.09. The molecular weight excluding hydrogens is 354 g/mol. The molecule has 1 saturated heterocycles. The molecule has 0 saturated carbocycles. The zero-order valence-corrected chi connectivity index (χ0v) is 15.9. The van der Waals surface area contributed by atoms with Crippen LogP contribution in [0, 0.1) is 0 Å². The van der Waals surface area contributed by atoms with Crippen molar-refractivity contribution in [1.82, 2.24) is 25.0 Å². The number of ether oxygens (including phenoxy) is 1. The number of hydrogen-bond acceptors (Lipinski definition) is 4. The lowest BCUT2D eigenvalue weighted by Crippen LogP contribution is -2.62. The molecular formula is C21H23N5O2. The maximum atomic E-state index is 12.2. The number of hydrogen-bond donors (Lipinski definition) is 1. The van der Waals surface area contributed by atoms with E-state index in [4.69, 9.17) is 9.84 Å². The van der Waals surface area contributed by atoms with Crippen LogP contribution in [0.2, 0.25) is 0 Å². The molecule has 0 atom stereocenters. The number of likely N-dealkylation sites (tertiary alicyclic amines) is 1. The fourth-order valence-corrected chi connectivity index (χ4v) is 4.33. The lowest BCUT2D eigenvalue weighted by Gasteiger charge is -2.47. The second-order valence-corrected chi connectivity index (χ2v) is 7.67. The third kappa shape index (κ3) is 2.74. The summed E-state index contributed by atoms with van der Waals surface area (Å²) in [6.07, 6.45) is 2.93. The van der Waals surface area contributed by atoms with Crippen LogP contribution in [0.4, 0.5) is 4.79 Å². The number of rotatable bonds is 4. The fraction of sp³-hybridized carbons (Fsp3) is 0.381. The van der Waals surface area contributed by atoms with Crippen LogP contribution in [0.1, 0.15) is 12.1 Å². The van der Waals surface area contributed by atoms with Gasteiger partial charge in [0.25, 0.3) is 0 Å². The van der Waals surface area contributed by atoms with Crippen LogP contribution >= 0.6 is 0 Å². The van der Waals surface area contributed by atoms with Crippen molar-refractivity contribution in [2.75, 3.05) is 33.4 Å². The molecule has 28 heavy (non-hydrogen) atoms. The number of nitrogens with zero attached hydrogens (tertiary/aromatic N) is 4. The number of nitrogens with one attached hydrogen (secondary N) is 1. The van der Waals surface area contributed by atoms with E-state index in [9.17, 15) is 4.79 Å². The summed E-state index contributed by atoms with van der Waals surface area (Å²) in [4.78, 5) is 18.7. The predicted molar refractivity (Wildman–Crippen MR) is 106 cm³/mol. The van der Waals surface area contributed by atoms with Gasteiger partial charge in [-0.1, -0.05) is 18.2 Å². The molecule has 5 rings (SSSR count). The Morgan fingerprint density at radius 1 is 1.29 bits per heavy atom. The van der Waals surface area contributed by atoms with Gasteiger partial charge < -0.3 is 15.0 Å². The number of fused-ring (bicyclic) bond motifs is 3. The molecule has 144 valence electrons. The van der Waals surface area contributed by atoms with Crippen LogP contribution in [0.3, 0.4) is 0 Å². The fourth-order valence-electron chi connectivity index (χ4n) is 4.33. The molecule has 2 amide bonds. The van der Waals surface area contributed by atoms with Gasteiger partial charge >= 0.3 is 6.03 Å². The van der Waals surface area contributed by atoms with E-state index in [1.54, 1.807) is 7.11 Å². The second kappa shape index (κ2) is 6.60. The van der Waals surface area contributed by atoms with Crippen LogP contribution < -0.4 is 5.32 Å². The standard InChI is InChI=1S/C21H23N5O2/c1-28-9-7-22-20(27)25-13-21(14-25)6-8-26-19(21)11-18(24-26)16-10-15-4-2-3-5-17(15)23-12-16/h2-5,10-12H,6-9,13-14H2,1H3,(H,22,27). The van der Waals surface area contributed by atoms with Gasteiger partial charge in [0, 0.05) is 61.5 Å². The average Bonchev–Trinajstić information content (AvgIpc) is 3.26. The van der Waals surface area contributed by atoms with E-state index in [0.717, 1.165) is 48.2 Å².